The van der Waals surface area contributed by atoms with E-state index in [0.717, 1.165) is 12.0 Å². The Labute approximate surface area is 111 Å². The van der Waals surface area contributed by atoms with Crippen LogP contribution in [0.5, 0.6) is 0 Å². The Morgan fingerprint density at radius 3 is 2.39 bits per heavy atom. The van der Waals surface area contributed by atoms with Crippen molar-refractivity contribution in [1.29, 1.82) is 0 Å². The van der Waals surface area contributed by atoms with Crippen LogP contribution in [0.2, 0.25) is 0 Å². The monoisotopic (exact) mass is 281 g/mol. The molecule has 0 radical (unpaired) electrons. The van der Waals surface area contributed by atoms with E-state index in [0.29, 0.717) is 4.90 Å². The second kappa shape index (κ2) is 5.22. The maximum atomic E-state index is 11.3. The quantitative estimate of drug-likeness (QED) is 0.936. The van der Waals surface area contributed by atoms with Crippen molar-refractivity contribution in [2.24, 2.45) is 5.73 Å². The van der Waals surface area contributed by atoms with Crippen LogP contribution in [0.4, 0.5) is 0 Å². The van der Waals surface area contributed by atoms with E-state index >= 15 is 0 Å². The summed E-state index contributed by atoms with van der Waals surface area (Å²) in [5.74, 6) is 0. The van der Waals surface area contributed by atoms with E-state index in [2.05, 4.69) is 11.4 Å². The lowest BCUT2D eigenvalue weighted by molar-refractivity contribution is 0.601. The molecule has 0 aliphatic heterocycles. The minimum absolute atomic E-state index is 0.104. The summed E-state index contributed by atoms with van der Waals surface area (Å²) >= 11 is 1.65. The van der Waals surface area contributed by atoms with Gasteiger partial charge in [-0.3, -0.25) is 0 Å². The predicted octanol–water partition coefficient (Wildman–Crippen LogP) is 2.39. The first kappa shape index (κ1) is 13.3. The summed E-state index contributed by atoms with van der Waals surface area (Å²) < 4.78 is 22.7. The molecule has 2 N–H and O–H groups in total. The van der Waals surface area contributed by atoms with Gasteiger partial charge in [0.05, 0.1) is 4.90 Å². The topological polar surface area (TPSA) is 60.2 Å². The van der Waals surface area contributed by atoms with Crippen molar-refractivity contribution in [3.05, 3.63) is 52.2 Å². The van der Waals surface area contributed by atoms with Crippen molar-refractivity contribution >= 4 is 21.2 Å². The van der Waals surface area contributed by atoms with Gasteiger partial charge in [0.1, 0.15) is 0 Å². The van der Waals surface area contributed by atoms with Gasteiger partial charge in [-0.25, -0.2) is 8.42 Å². The molecule has 2 rings (SSSR count). The number of sulfone groups is 1. The number of thiophene rings is 1. The molecule has 0 aliphatic carbocycles. The van der Waals surface area contributed by atoms with Gasteiger partial charge in [-0.1, -0.05) is 12.1 Å². The molecular weight excluding hydrogens is 266 g/mol. The Morgan fingerprint density at radius 2 is 1.89 bits per heavy atom. The molecule has 0 saturated carbocycles. The van der Waals surface area contributed by atoms with Gasteiger partial charge in [-0.2, -0.15) is 11.3 Å². The van der Waals surface area contributed by atoms with Gasteiger partial charge < -0.3 is 5.73 Å². The smallest absolute Gasteiger partial charge is 0.175 e. The van der Waals surface area contributed by atoms with Crippen LogP contribution in [-0.2, 0) is 16.3 Å². The highest BCUT2D eigenvalue weighted by atomic mass is 32.2. The first-order valence-electron chi connectivity index (χ1n) is 5.53. The van der Waals surface area contributed by atoms with Crippen LogP contribution in [0.3, 0.4) is 0 Å². The summed E-state index contributed by atoms with van der Waals surface area (Å²) in [6.07, 6.45) is 1.97. The molecule has 5 heteroatoms. The fraction of sp³-hybridized carbons (Fsp3) is 0.231. The van der Waals surface area contributed by atoms with Gasteiger partial charge in [0, 0.05) is 12.3 Å². The fourth-order valence-corrected chi connectivity index (χ4v) is 3.05. The second-order valence-corrected chi connectivity index (χ2v) is 7.08. The highest BCUT2D eigenvalue weighted by Crippen LogP contribution is 2.19. The highest BCUT2D eigenvalue weighted by molar-refractivity contribution is 7.90. The summed E-state index contributed by atoms with van der Waals surface area (Å²) in [6.45, 7) is 0. The molecule has 0 saturated heterocycles. The van der Waals surface area contributed by atoms with Gasteiger partial charge in [0.15, 0.2) is 9.84 Å². The Kier molecular flexibility index (Phi) is 3.85. The molecule has 1 unspecified atom stereocenters. The van der Waals surface area contributed by atoms with E-state index in [9.17, 15) is 8.42 Å². The average molecular weight is 281 g/mol. The van der Waals surface area contributed by atoms with Crippen LogP contribution in [-0.4, -0.2) is 14.7 Å². The molecule has 1 atom stereocenters. The van der Waals surface area contributed by atoms with Gasteiger partial charge >= 0.3 is 0 Å². The molecule has 96 valence electrons. The zero-order valence-electron chi connectivity index (χ0n) is 10.0. The molecule has 0 aliphatic rings. The van der Waals surface area contributed by atoms with Crippen molar-refractivity contribution in [2.45, 2.75) is 17.4 Å². The molecule has 0 fully saturated rings. The second-order valence-electron chi connectivity index (χ2n) is 4.28. The van der Waals surface area contributed by atoms with Crippen molar-refractivity contribution in [2.75, 3.05) is 6.26 Å². The molecule has 18 heavy (non-hydrogen) atoms. The van der Waals surface area contributed by atoms with Crippen LogP contribution in [0.15, 0.2) is 46.0 Å². The van der Waals surface area contributed by atoms with Crippen LogP contribution in [0, 0.1) is 0 Å². The number of benzene rings is 1. The SMILES string of the molecule is CS(=O)(=O)c1ccc(C(N)Cc2ccsc2)cc1. The fourth-order valence-electron chi connectivity index (χ4n) is 1.74. The van der Waals surface area contributed by atoms with Gasteiger partial charge in [0.25, 0.3) is 0 Å². The minimum Gasteiger partial charge on any atom is -0.324 e. The number of nitrogens with two attached hydrogens (primary N) is 1. The number of rotatable bonds is 4. The Hall–Kier alpha value is -1.17. The standard InChI is InChI=1S/C13H15NO2S2/c1-18(15,16)12-4-2-11(3-5-12)13(14)8-10-6-7-17-9-10/h2-7,9,13H,8,14H2,1H3. The van der Waals surface area contributed by atoms with Crippen molar-refractivity contribution < 1.29 is 8.42 Å². The van der Waals surface area contributed by atoms with E-state index < -0.39 is 9.84 Å². The van der Waals surface area contributed by atoms with Crippen LogP contribution in [0.1, 0.15) is 17.2 Å². The summed E-state index contributed by atoms with van der Waals surface area (Å²) in [5.41, 5.74) is 8.26. The molecule has 0 spiro atoms. The molecule has 2 aromatic rings. The van der Waals surface area contributed by atoms with E-state index in [4.69, 9.17) is 5.73 Å². The van der Waals surface area contributed by atoms with Gasteiger partial charge in [-0.05, 0) is 46.5 Å². The lowest BCUT2D eigenvalue weighted by Crippen LogP contribution is -2.13. The number of hydrogen-bond donors (Lipinski definition) is 1. The molecule has 0 amide bonds. The third kappa shape index (κ3) is 3.19. The van der Waals surface area contributed by atoms with Gasteiger partial charge in [0.2, 0.25) is 0 Å². The summed E-state index contributed by atoms with van der Waals surface area (Å²) in [4.78, 5) is 0.328. The lowest BCUT2D eigenvalue weighted by Gasteiger charge is -2.11. The van der Waals surface area contributed by atoms with E-state index in [1.807, 2.05) is 5.38 Å². The summed E-state index contributed by atoms with van der Waals surface area (Å²) in [7, 11) is -3.13. The highest BCUT2D eigenvalue weighted by Gasteiger charge is 2.10. The first-order chi connectivity index (χ1) is 8.47. The predicted molar refractivity (Wildman–Crippen MR) is 74.5 cm³/mol. The van der Waals surface area contributed by atoms with Crippen LogP contribution < -0.4 is 5.73 Å². The minimum atomic E-state index is -3.13. The zero-order chi connectivity index (χ0) is 13.2. The molecule has 1 aromatic carbocycles. The molecule has 1 heterocycles. The molecular formula is C13H15NO2S2. The van der Waals surface area contributed by atoms with Crippen molar-refractivity contribution in [1.82, 2.24) is 0 Å². The Bertz CT molecular complexity index is 601. The maximum absolute atomic E-state index is 11.3. The zero-order valence-corrected chi connectivity index (χ0v) is 11.7. The van der Waals surface area contributed by atoms with Gasteiger partial charge in [-0.15, -0.1) is 0 Å². The largest absolute Gasteiger partial charge is 0.324 e. The van der Waals surface area contributed by atoms with Crippen LogP contribution >= 0.6 is 11.3 Å². The third-order valence-corrected chi connectivity index (χ3v) is 4.63. The van der Waals surface area contributed by atoms with Crippen molar-refractivity contribution in [3.63, 3.8) is 0 Å². The third-order valence-electron chi connectivity index (χ3n) is 2.77. The normalized spacial score (nSPS) is 13.4. The van der Waals surface area contributed by atoms with E-state index in [-0.39, 0.29) is 6.04 Å². The maximum Gasteiger partial charge on any atom is 0.175 e. The molecule has 1 aromatic heterocycles. The van der Waals surface area contributed by atoms with Crippen LogP contribution in [0.25, 0.3) is 0 Å². The number of hydrogen-bond acceptors (Lipinski definition) is 4. The summed E-state index contributed by atoms with van der Waals surface area (Å²) in [5, 5.41) is 4.10. The van der Waals surface area contributed by atoms with E-state index in [1.54, 1.807) is 35.6 Å². The molecule has 3 nitrogen and oxygen atoms in total. The van der Waals surface area contributed by atoms with Crippen molar-refractivity contribution in [3.8, 4) is 0 Å². The summed E-state index contributed by atoms with van der Waals surface area (Å²) in [6, 6.07) is 8.74. The average Bonchev–Trinajstić information content (AvgIpc) is 2.81. The lowest BCUT2D eigenvalue weighted by atomic mass is 10.0. The van der Waals surface area contributed by atoms with E-state index in [1.165, 1.54) is 11.8 Å². The molecule has 0 bridgehead atoms. The Balaban J connectivity index is 2.14. The first-order valence-corrected chi connectivity index (χ1v) is 8.37. The Morgan fingerprint density at radius 1 is 1.22 bits per heavy atom.